The molecule has 3 aromatic rings. The van der Waals surface area contributed by atoms with Crippen molar-refractivity contribution >= 4 is 10.8 Å². The van der Waals surface area contributed by atoms with Gasteiger partial charge in [0.05, 0.1) is 0 Å². The number of ether oxygens (including phenoxy) is 1. The molecule has 0 fully saturated rings. The summed E-state index contributed by atoms with van der Waals surface area (Å²) >= 11 is 0. The van der Waals surface area contributed by atoms with Crippen LogP contribution < -0.4 is 10.5 Å². The highest BCUT2D eigenvalue weighted by molar-refractivity contribution is 5.88. The van der Waals surface area contributed by atoms with Gasteiger partial charge in [-0.25, -0.2) is 0 Å². The zero-order valence-corrected chi connectivity index (χ0v) is 12.1. The molecule has 0 aliphatic rings. The highest BCUT2D eigenvalue weighted by Gasteiger charge is 2.18. The van der Waals surface area contributed by atoms with Crippen molar-refractivity contribution in [2.45, 2.75) is 19.1 Å². The lowest BCUT2D eigenvalue weighted by Gasteiger charge is -2.23. The largest absolute Gasteiger partial charge is 0.483 e. The first kappa shape index (κ1) is 13.7. The average molecular weight is 277 g/mol. The van der Waals surface area contributed by atoms with Crippen LogP contribution in [0.5, 0.6) is 5.75 Å². The molecule has 0 aromatic heterocycles. The monoisotopic (exact) mass is 277 g/mol. The van der Waals surface area contributed by atoms with Crippen LogP contribution in [0.15, 0.2) is 72.8 Å². The molecule has 21 heavy (non-hydrogen) atoms. The Balaban J connectivity index is 1.99. The van der Waals surface area contributed by atoms with E-state index in [9.17, 15) is 0 Å². The minimum Gasteiger partial charge on any atom is -0.483 e. The second-order valence-electron chi connectivity index (χ2n) is 5.29. The quantitative estimate of drug-likeness (QED) is 0.771. The minimum absolute atomic E-state index is 0.0913. The van der Waals surface area contributed by atoms with Crippen molar-refractivity contribution in [3.8, 4) is 5.75 Å². The molecule has 0 heterocycles. The van der Waals surface area contributed by atoms with E-state index in [1.165, 1.54) is 5.39 Å². The third-order valence-electron chi connectivity index (χ3n) is 3.61. The zero-order valence-electron chi connectivity index (χ0n) is 12.1. The fourth-order valence-corrected chi connectivity index (χ4v) is 2.56. The Morgan fingerprint density at radius 2 is 1.48 bits per heavy atom. The SMILES string of the molecule is CC(N)C(Oc1cccc2ccccc12)c1ccccc1. The van der Waals surface area contributed by atoms with Crippen molar-refractivity contribution in [2.75, 3.05) is 0 Å². The molecule has 0 radical (unpaired) electrons. The molecule has 0 aliphatic carbocycles. The number of hydrogen-bond donors (Lipinski definition) is 1. The van der Waals surface area contributed by atoms with Crippen LogP contribution in [0.1, 0.15) is 18.6 Å². The Morgan fingerprint density at radius 3 is 2.24 bits per heavy atom. The Labute approximate surface area is 125 Å². The van der Waals surface area contributed by atoms with E-state index in [2.05, 4.69) is 30.3 Å². The summed E-state index contributed by atoms with van der Waals surface area (Å²) in [7, 11) is 0. The zero-order chi connectivity index (χ0) is 14.7. The maximum Gasteiger partial charge on any atom is 0.138 e. The van der Waals surface area contributed by atoms with Gasteiger partial charge in [0.1, 0.15) is 11.9 Å². The van der Waals surface area contributed by atoms with Gasteiger partial charge < -0.3 is 10.5 Å². The molecule has 0 aliphatic heterocycles. The van der Waals surface area contributed by atoms with Gasteiger partial charge in [-0.3, -0.25) is 0 Å². The first-order chi connectivity index (χ1) is 10.3. The normalized spacial score (nSPS) is 13.8. The molecule has 0 amide bonds. The second-order valence-corrected chi connectivity index (χ2v) is 5.29. The number of benzene rings is 3. The molecule has 0 spiro atoms. The molecule has 2 unspecified atom stereocenters. The topological polar surface area (TPSA) is 35.2 Å². The van der Waals surface area contributed by atoms with E-state index in [1.54, 1.807) is 0 Å². The summed E-state index contributed by atoms with van der Waals surface area (Å²) < 4.78 is 6.25. The lowest BCUT2D eigenvalue weighted by Crippen LogP contribution is -2.29. The summed E-state index contributed by atoms with van der Waals surface area (Å²) in [5, 5.41) is 2.29. The molecular weight excluding hydrogens is 258 g/mol. The van der Waals surface area contributed by atoms with Gasteiger partial charge in [0.25, 0.3) is 0 Å². The summed E-state index contributed by atoms with van der Waals surface area (Å²) in [6.45, 7) is 1.97. The maximum absolute atomic E-state index is 6.25. The van der Waals surface area contributed by atoms with Gasteiger partial charge >= 0.3 is 0 Å². The highest BCUT2D eigenvalue weighted by atomic mass is 16.5. The van der Waals surface area contributed by atoms with Crippen molar-refractivity contribution in [3.63, 3.8) is 0 Å². The molecule has 3 rings (SSSR count). The predicted octanol–water partition coefficient (Wildman–Crippen LogP) is 4.31. The first-order valence-corrected chi connectivity index (χ1v) is 7.20. The summed E-state index contributed by atoms with van der Waals surface area (Å²) in [6, 6.07) is 24.4. The third-order valence-corrected chi connectivity index (χ3v) is 3.61. The van der Waals surface area contributed by atoms with Gasteiger partial charge in [-0.1, -0.05) is 66.7 Å². The summed E-state index contributed by atoms with van der Waals surface area (Å²) in [6.07, 6.45) is -0.156. The Hall–Kier alpha value is -2.32. The molecule has 2 nitrogen and oxygen atoms in total. The number of nitrogens with two attached hydrogens (primary N) is 1. The molecular formula is C19H19NO. The van der Waals surface area contributed by atoms with Crippen LogP contribution in [0.3, 0.4) is 0 Å². The van der Waals surface area contributed by atoms with Crippen molar-refractivity contribution in [2.24, 2.45) is 5.73 Å². The van der Waals surface area contributed by atoms with Gasteiger partial charge in [0.15, 0.2) is 0 Å². The second kappa shape index (κ2) is 5.98. The van der Waals surface area contributed by atoms with Crippen LogP contribution in [-0.4, -0.2) is 6.04 Å². The van der Waals surface area contributed by atoms with Crippen molar-refractivity contribution < 1.29 is 4.74 Å². The third kappa shape index (κ3) is 2.91. The summed E-state index contributed by atoms with van der Waals surface area (Å²) in [5.74, 6) is 0.874. The smallest absolute Gasteiger partial charge is 0.138 e. The summed E-state index contributed by atoms with van der Waals surface area (Å²) in [5.41, 5.74) is 7.23. The lowest BCUT2D eigenvalue weighted by atomic mass is 10.0. The van der Waals surface area contributed by atoms with Gasteiger partial charge in [-0.2, -0.15) is 0 Å². The van der Waals surface area contributed by atoms with Gasteiger partial charge in [-0.15, -0.1) is 0 Å². The van der Waals surface area contributed by atoms with Gasteiger partial charge in [-0.05, 0) is 23.9 Å². The molecule has 2 N–H and O–H groups in total. The highest BCUT2D eigenvalue weighted by Crippen LogP contribution is 2.30. The molecule has 0 saturated heterocycles. The van der Waals surface area contributed by atoms with Crippen LogP contribution in [0.4, 0.5) is 0 Å². The van der Waals surface area contributed by atoms with E-state index in [0.717, 1.165) is 16.7 Å². The van der Waals surface area contributed by atoms with Crippen LogP contribution in [-0.2, 0) is 0 Å². The Morgan fingerprint density at radius 1 is 0.810 bits per heavy atom. The number of rotatable bonds is 4. The van der Waals surface area contributed by atoms with Gasteiger partial charge in [0, 0.05) is 11.4 Å². The fourth-order valence-electron chi connectivity index (χ4n) is 2.56. The van der Waals surface area contributed by atoms with Crippen molar-refractivity contribution in [3.05, 3.63) is 78.4 Å². The van der Waals surface area contributed by atoms with E-state index in [1.807, 2.05) is 49.4 Å². The van der Waals surface area contributed by atoms with Crippen LogP contribution in [0.25, 0.3) is 10.8 Å². The van der Waals surface area contributed by atoms with E-state index in [-0.39, 0.29) is 12.1 Å². The van der Waals surface area contributed by atoms with E-state index >= 15 is 0 Å². The molecule has 3 aromatic carbocycles. The van der Waals surface area contributed by atoms with E-state index in [4.69, 9.17) is 10.5 Å². The van der Waals surface area contributed by atoms with Gasteiger partial charge in [0.2, 0.25) is 0 Å². The molecule has 106 valence electrons. The fraction of sp³-hybridized carbons (Fsp3) is 0.158. The van der Waals surface area contributed by atoms with E-state index in [0.29, 0.717) is 0 Å². The first-order valence-electron chi connectivity index (χ1n) is 7.20. The van der Waals surface area contributed by atoms with Crippen LogP contribution in [0, 0.1) is 0 Å². The standard InChI is InChI=1S/C19H19NO/c1-14(20)19(16-9-3-2-4-10-16)21-18-13-7-11-15-8-5-6-12-17(15)18/h2-14,19H,20H2,1H3. The Bertz CT molecular complexity index is 716. The molecule has 2 atom stereocenters. The molecule has 2 heteroatoms. The minimum atomic E-state index is -0.156. The number of hydrogen-bond acceptors (Lipinski definition) is 2. The molecule has 0 bridgehead atoms. The average Bonchev–Trinajstić information content (AvgIpc) is 2.53. The lowest BCUT2D eigenvalue weighted by molar-refractivity contribution is 0.183. The van der Waals surface area contributed by atoms with Crippen LogP contribution >= 0.6 is 0 Å². The van der Waals surface area contributed by atoms with E-state index < -0.39 is 0 Å². The van der Waals surface area contributed by atoms with Crippen molar-refractivity contribution in [1.82, 2.24) is 0 Å². The van der Waals surface area contributed by atoms with Crippen molar-refractivity contribution in [1.29, 1.82) is 0 Å². The predicted molar refractivity (Wildman–Crippen MR) is 87.4 cm³/mol. The molecule has 0 saturated carbocycles. The van der Waals surface area contributed by atoms with Crippen LogP contribution in [0.2, 0.25) is 0 Å². The summed E-state index contributed by atoms with van der Waals surface area (Å²) in [4.78, 5) is 0. The number of fused-ring (bicyclic) bond motifs is 1. The Kier molecular flexibility index (Phi) is 3.89. The maximum atomic E-state index is 6.25.